The smallest absolute Gasteiger partial charge is 0.323 e. The highest BCUT2D eigenvalue weighted by atomic mass is 16.4. The fourth-order valence-electron chi connectivity index (χ4n) is 2.78. The zero-order valence-corrected chi connectivity index (χ0v) is 14.3. The van der Waals surface area contributed by atoms with E-state index in [1.807, 2.05) is 0 Å². The van der Waals surface area contributed by atoms with Gasteiger partial charge in [0, 0.05) is 0 Å². The van der Waals surface area contributed by atoms with E-state index in [4.69, 9.17) is 5.73 Å². The van der Waals surface area contributed by atoms with E-state index in [0.717, 1.165) is 25.7 Å². The van der Waals surface area contributed by atoms with E-state index in [0.29, 0.717) is 12.8 Å². The zero-order valence-electron chi connectivity index (χ0n) is 14.3. The summed E-state index contributed by atoms with van der Waals surface area (Å²) in [7, 11) is 0. The van der Waals surface area contributed by atoms with Crippen LogP contribution in [0.3, 0.4) is 0 Å². The van der Waals surface area contributed by atoms with Crippen LogP contribution in [0.2, 0.25) is 0 Å². The largest absolute Gasteiger partial charge is 0.480 e. The highest BCUT2D eigenvalue weighted by Crippen LogP contribution is 2.21. The molecule has 126 valence electrons. The van der Waals surface area contributed by atoms with Gasteiger partial charge in [-0.1, -0.05) is 90.9 Å². The molecule has 3 nitrogen and oxygen atoms in total. The molecule has 1 atom stereocenters. The number of carboxylic acid groups (broad SMARTS) is 1. The summed E-state index contributed by atoms with van der Waals surface area (Å²) in [5, 5.41) is 9.38. The second-order valence-electron chi connectivity index (χ2n) is 6.50. The molecule has 0 aliphatic rings. The number of unbranched alkanes of at least 4 members (excludes halogenated alkanes) is 10. The summed E-state index contributed by atoms with van der Waals surface area (Å²) in [6.45, 7) is 4.40. The number of hydrogen-bond acceptors (Lipinski definition) is 2. The first kappa shape index (κ1) is 20.4. The third kappa shape index (κ3) is 10.8. The lowest BCUT2D eigenvalue weighted by molar-refractivity contribution is -0.144. The molecule has 0 fully saturated rings. The molecule has 0 aromatic heterocycles. The molecule has 0 amide bonds. The third-order valence-electron chi connectivity index (χ3n) is 4.38. The van der Waals surface area contributed by atoms with Gasteiger partial charge in [-0.25, -0.2) is 0 Å². The van der Waals surface area contributed by atoms with Crippen molar-refractivity contribution in [3.05, 3.63) is 0 Å². The summed E-state index contributed by atoms with van der Waals surface area (Å²) in [6.07, 6.45) is 15.4. The maximum atomic E-state index is 11.4. The average molecular weight is 299 g/mol. The van der Waals surface area contributed by atoms with Crippen molar-refractivity contribution < 1.29 is 9.90 Å². The number of rotatable bonds is 15. The van der Waals surface area contributed by atoms with Gasteiger partial charge < -0.3 is 10.8 Å². The van der Waals surface area contributed by atoms with Crippen molar-refractivity contribution in [2.45, 2.75) is 109 Å². The van der Waals surface area contributed by atoms with E-state index in [2.05, 4.69) is 13.8 Å². The number of hydrogen-bond donors (Lipinski definition) is 2. The Morgan fingerprint density at radius 1 is 0.762 bits per heavy atom. The number of aliphatic carboxylic acids is 1. The van der Waals surface area contributed by atoms with Gasteiger partial charge >= 0.3 is 5.97 Å². The van der Waals surface area contributed by atoms with E-state index in [9.17, 15) is 9.90 Å². The molecule has 0 saturated carbocycles. The number of carbonyl (C=O) groups is 1. The van der Waals surface area contributed by atoms with Crippen LogP contribution in [-0.4, -0.2) is 16.6 Å². The molecule has 0 rings (SSSR count). The fraction of sp³-hybridized carbons (Fsp3) is 0.944. The van der Waals surface area contributed by atoms with Gasteiger partial charge in [0.2, 0.25) is 0 Å². The molecule has 3 heteroatoms. The molecule has 0 aliphatic heterocycles. The molecular formula is C18H37NO2. The first-order valence-corrected chi connectivity index (χ1v) is 9.09. The summed E-state index contributed by atoms with van der Waals surface area (Å²) in [5.74, 6) is -0.816. The van der Waals surface area contributed by atoms with Gasteiger partial charge in [0.25, 0.3) is 0 Å². The standard InChI is InChI=1S/C18H37NO2/c1-3-5-7-9-10-12-14-16-18(19,17(20)21)15-13-11-8-6-4-2/h3-16,19H2,1-2H3,(H,20,21). The van der Waals surface area contributed by atoms with Crippen molar-refractivity contribution in [1.82, 2.24) is 0 Å². The topological polar surface area (TPSA) is 63.3 Å². The van der Waals surface area contributed by atoms with Gasteiger partial charge in [-0.2, -0.15) is 0 Å². The van der Waals surface area contributed by atoms with Crippen LogP contribution >= 0.6 is 0 Å². The molecule has 0 heterocycles. The zero-order chi connectivity index (χ0) is 16.0. The van der Waals surface area contributed by atoms with Crippen LogP contribution in [0.5, 0.6) is 0 Å². The highest BCUT2D eigenvalue weighted by Gasteiger charge is 2.32. The van der Waals surface area contributed by atoms with Crippen LogP contribution in [0, 0.1) is 0 Å². The first-order chi connectivity index (χ1) is 10.1. The lowest BCUT2D eigenvalue weighted by atomic mass is 9.87. The highest BCUT2D eigenvalue weighted by molar-refractivity contribution is 5.78. The van der Waals surface area contributed by atoms with E-state index >= 15 is 0 Å². The molecule has 1 unspecified atom stereocenters. The second kappa shape index (κ2) is 13.1. The minimum Gasteiger partial charge on any atom is -0.480 e. The number of nitrogens with two attached hydrogens (primary N) is 1. The molecule has 0 aliphatic carbocycles. The molecule has 0 saturated heterocycles. The van der Waals surface area contributed by atoms with Crippen molar-refractivity contribution in [2.75, 3.05) is 0 Å². The lowest BCUT2D eigenvalue weighted by Gasteiger charge is -2.24. The summed E-state index contributed by atoms with van der Waals surface area (Å²) < 4.78 is 0. The fourth-order valence-corrected chi connectivity index (χ4v) is 2.78. The van der Waals surface area contributed by atoms with Crippen molar-refractivity contribution in [3.8, 4) is 0 Å². The monoisotopic (exact) mass is 299 g/mol. The summed E-state index contributed by atoms with van der Waals surface area (Å²) in [5.41, 5.74) is 5.13. The van der Waals surface area contributed by atoms with E-state index < -0.39 is 11.5 Å². The second-order valence-corrected chi connectivity index (χ2v) is 6.50. The van der Waals surface area contributed by atoms with E-state index in [1.54, 1.807) is 0 Å². The molecule has 0 spiro atoms. The maximum Gasteiger partial charge on any atom is 0.323 e. The van der Waals surface area contributed by atoms with Gasteiger partial charge in [-0.15, -0.1) is 0 Å². The lowest BCUT2D eigenvalue weighted by Crippen LogP contribution is -2.47. The van der Waals surface area contributed by atoms with Gasteiger partial charge in [-0.3, -0.25) is 4.79 Å². The molecule has 21 heavy (non-hydrogen) atoms. The van der Waals surface area contributed by atoms with E-state index in [1.165, 1.54) is 51.4 Å². The molecule has 0 radical (unpaired) electrons. The maximum absolute atomic E-state index is 11.4. The van der Waals surface area contributed by atoms with Crippen molar-refractivity contribution in [2.24, 2.45) is 5.73 Å². The first-order valence-electron chi connectivity index (χ1n) is 9.09. The molecule has 3 N–H and O–H groups in total. The average Bonchev–Trinajstić information content (AvgIpc) is 2.46. The normalized spacial score (nSPS) is 14.0. The Bertz CT molecular complexity index is 256. The van der Waals surface area contributed by atoms with Gasteiger partial charge in [0.15, 0.2) is 0 Å². The summed E-state index contributed by atoms with van der Waals surface area (Å²) in [6, 6.07) is 0. The van der Waals surface area contributed by atoms with Crippen LogP contribution < -0.4 is 5.73 Å². The Morgan fingerprint density at radius 3 is 1.43 bits per heavy atom. The van der Waals surface area contributed by atoms with Gasteiger partial charge in [0.05, 0.1) is 0 Å². The predicted octanol–water partition coefficient (Wildman–Crippen LogP) is 5.27. The quantitative estimate of drug-likeness (QED) is 0.405. The number of carboxylic acids is 1. The van der Waals surface area contributed by atoms with Gasteiger partial charge in [-0.05, 0) is 12.8 Å². The Labute approximate surface area is 131 Å². The minimum absolute atomic E-state index is 0.627. The molecular weight excluding hydrogens is 262 g/mol. The SMILES string of the molecule is CCCCCCCCCC(N)(CCCCCCC)C(=O)O. The van der Waals surface area contributed by atoms with Crippen molar-refractivity contribution in [3.63, 3.8) is 0 Å². The van der Waals surface area contributed by atoms with Crippen LogP contribution in [0.1, 0.15) is 104 Å². The van der Waals surface area contributed by atoms with Crippen molar-refractivity contribution >= 4 is 5.97 Å². The van der Waals surface area contributed by atoms with Crippen LogP contribution in [0.25, 0.3) is 0 Å². The Balaban J connectivity index is 3.80. The molecule has 0 aromatic rings. The van der Waals surface area contributed by atoms with E-state index in [-0.39, 0.29) is 0 Å². The Kier molecular flexibility index (Phi) is 12.8. The van der Waals surface area contributed by atoms with Gasteiger partial charge in [0.1, 0.15) is 5.54 Å². The summed E-state index contributed by atoms with van der Waals surface area (Å²) in [4.78, 5) is 11.4. The third-order valence-corrected chi connectivity index (χ3v) is 4.38. The minimum atomic E-state index is -0.990. The Hall–Kier alpha value is -0.570. The Morgan fingerprint density at radius 2 is 1.10 bits per heavy atom. The predicted molar refractivity (Wildman–Crippen MR) is 90.5 cm³/mol. The molecule has 0 aromatic carbocycles. The summed E-state index contributed by atoms with van der Waals surface area (Å²) >= 11 is 0. The van der Waals surface area contributed by atoms with Crippen molar-refractivity contribution in [1.29, 1.82) is 0 Å². The van der Waals surface area contributed by atoms with Crippen LogP contribution in [0.15, 0.2) is 0 Å². The van der Waals surface area contributed by atoms with Crippen LogP contribution in [-0.2, 0) is 4.79 Å². The molecule has 0 bridgehead atoms. The van der Waals surface area contributed by atoms with Crippen LogP contribution in [0.4, 0.5) is 0 Å².